The van der Waals surface area contributed by atoms with E-state index < -0.39 is 12.1 Å². The molecular formula is C22H22N4O4. The van der Waals surface area contributed by atoms with Gasteiger partial charge in [-0.15, -0.1) is 0 Å². The summed E-state index contributed by atoms with van der Waals surface area (Å²) in [5, 5.41) is 6.31. The van der Waals surface area contributed by atoms with Gasteiger partial charge >= 0.3 is 6.03 Å². The molecule has 8 nitrogen and oxygen atoms in total. The molecule has 1 fully saturated rings. The molecule has 30 heavy (non-hydrogen) atoms. The first-order valence-corrected chi connectivity index (χ1v) is 9.66. The van der Waals surface area contributed by atoms with Crippen LogP contribution in [0.1, 0.15) is 12.0 Å². The van der Waals surface area contributed by atoms with Gasteiger partial charge in [0.2, 0.25) is 5.91 Å². The zero-order valence-corrected chi connectivity index (χ0v) is 16.5. The molecule has 1 aromatic heterocycles. The molecular weight excluding hydrogens is 384 g/mol. The van der Waals surface area contributed by atoms with Crippen molar-refractivity contribution in [1.29, 1.82) is 0 Å². The van der Waals surface area contributed by atoms with Gasteiger partial charge < -0.3 is 20.4 Å². The molecule has 8 heteroatoms. The number of hydrogen-bond acceptors (Lipinski definition) is 4. The molecule has 1 aliphatic rings. The number of aromatic amines is 1. The van der Waals surface area contributed by atoms with E-state index in [-0.39, 0.29) is 24.8 Å². The van der Waals surface area contributed by atoms with Gasteiger partial charge in [-0.25, -0.2) is 4.79 Å². The number of carbonyl (C=O) groups excluding carboxylic acids is 3. The summed E-state index contributed by atoms with van der Waals surface area (Å²) >= 11 is 0. The van der Waals surface area contributed by atoms with E-state index in [2.05, 4.69) is 15.6 Å². The largest absolute Gasteiger partial charge is 0.497 e. The van der Waals surface area contributed by atoms with Crippen LogP contribution in [0.15, 0.2) is 54.7 Å². The number of anilines is 1. The van der Waals surface area contributed by atoms with Crippen molar-refractivity contribution in [1.82, 2.24) is 15.2 Å². The number of nitrogens with one attached hydrogen (secondary N) is 3. The molecule has 1 unspecified atom stereocenters. The number of methoxy groups -OCH3 is 1. The van der Waals surface area contributed by atoms with Crippen molar-refractivity contribution < 1.29 is 19.1 Å². The van der Waals surface area contributed by atoms with Crippen LogP contribution in [0, 0.1) is 0 Å². The van der Waals surface area contributed by atoms with E-state index in [1.807, 2.05) is 42.5 Å². The average Bonchev–Trinajstić information content (AvgIpc) is 3.32. The molecule has 0 aliphatic carbocycles. The first kappa shape index (κ1) is 19.5. The van der Waals surface area contributed by atoms with Gasteiger partial charge in [0.25, 0.3) is 5.91 Å². The van der Waals surface area contributed by atoms with Crippen LogP contribution in [-0.4, -0.2) is 47.4 Å². The summed E-state index contributed by atoms with van der Waals surface area (Å²) in [5.74, 6) is 0.0259. The number of ether oxygens (including phenoxy) is 1. The van der Waals surface area contributed by atoms with Crippen LogP contribution < -0.4 is 15.4 Å². The second-order valence-corrected chi connectivity index (χ2v) is 7.09. The number of aromatic nitrogens is 1. The number of H-pyrrole nitrogens is 1. The number of rotatable bonds is 7. The molecule has 1 saturated heterocycles. The van der Waals surface area contributed by atoms with Crippen LogP contribution in [0.5, 0.6) is 5.75 Å². The first-order valence-electron chi connectivity index (χ1n) is 9.66. The van der Waals surface area contributed by atoms with E-state index in [1.165, 1.54) is 0 Å². The van der Waals surface area contributed by atoms with Gasteiger partial charge in [-0.2, -0.15) is 0 Å². The Kier molecular flexibility index (Phi) is 5.38. The Morgan fingerprint density at radius 2 is 1.93 bits per heavy atom. The zero-order valence-electron chi connectivity index (χ0n) is 16.5. The highest BCUT2D eigenvalue weighted by molar-refractivity contribution is 6.08. The summed E-state index contributed by atoms with van der Waals surface area (Å²) < 4.78 is 5.13. The zero-order chi connectivity index (χ0) is 21.1. The molecule has 3 N–H and O–H groups in total. The smallest absolute Gasteiger partial charge is 0.324 e. The number of amides is 4. The number of imide groups is 1. The van der Waals surface area contributed by atoms with Gasteiger partial charge in [-0.05, 0) is 42.3 Å². The minimum absolute atomic E-state index is 0.121. The highest BCUT2D eigenvalue weighted by Crippen LogP contribution is 2.22. The van der Waals surface area contributed by atoms with Gasteiger partial charge in [0, 0.05) is 23.6 Å². The Balaban J connectivity index is 1.35. The van der Waals surface area contributed by atoms with Gasteiger partial charge in [0.1, 0.15) is 11.8 Å². The van der Waals surface area contributed by atoms with Crippen molar-refractivity contribution in [2.45, 2.75) is 18.9 Å². The normalized spacial score (nSPS) is 16.0. The molecule has 0 spiro atoms. The number of nitrogens with zero attached hydrogens (tertiary/aromatic N) is 1. The van der Waals surface area contributed by atoms with Gasteiger partial charge in [0.05, 0.1) is 19.2 Å². The summed E-state index contributed by atoms with van der Waals surface area (Å²) in [6, 6.07) is 13.5. The Labute approximate surface area is 173 Å². The Morgan fingerprint density at radius 1 is 1.13 bits per heavy atom. The van der Waals surface area contributed by atoms with E-state index in [1.54, 1.807) is 19.4 Å². The minimum atomic E-state index is -0.862. The molecule has 1 aliphatic heterocycles. The van der Waals surface area contributed by atoms with Crippen molar-refractivity contribution >= 4 is 34.4 Å². The topological polar surface area (TPSA) is 104 Å². The minimum Gasteiger partial charge on any atom is -0.497 e. The quantitative estimate of drug-likeness (QED) is 0.525. The Bertz CT molecular complexity index is 1090. The third-order valence-corrected chi connectivity index (χ3v) is 5.15. The molecule has 1 atom stereocenters. The van der Waals surface area contributed by atoms with Crippen molar-refractivity contribution in [2.24, 2.45) is 0 Å². The van der Waals surface area contributed by atoms with Crippen LogP contribution >= 0.6 is 0 Å². The summed E-state index contributed by atoms with van der Waals surface area (Å²) in [4.78, 5) is 41.6. The lowest BCUT2D eigenvalue weighted by Gasteiger charge is -2.13. The van der Waals surface area contributed by atoms with Crippen LogP contribution in [-0.2, 0) is 16.0 Å². The number of hydrogen-bond donors (Lipinski definition) is 3. The molecule has 2 heterocycles. The lowest BCUT2D eigenvalue weighted by molar-refractivity contribution is -0.129. The average molecular weight is 406 g/mol. The maximum atomic E-state index is 12.6. The van der Waals surface area contributed by atoms with Crippen molar-refractivity contribution in [2.75, 3.05) is 19.0 Å². The molecule has 0 bridgehead atoms. The SMILES string of the molecule is COc1ccc(CCN2C(=O)NC(CC(=O)Nc3cccc4[nH]ccc34)C2=O)cc1. The molecule has 0 saturated carbocycles. The monoisotopic (exact) mass is 406 g/mol. The molecule has 0 radical (unpaired) electrons. The van der Waals surface area contributed by atoms with Crippen LogP contribution in [0.2, 0.25) is 0 Å². The standard InChI is InChI=1S/C22H22N4O4/c1-30-15-7-5-14(6-8-15)10-12-26-21(28)19(25-22(26)29)13-20(27)24-18-4-2-3-17-16(18)9-11-23-17/h2-9,11,19,23H,10,12-13H2,1H3,(H,24,27)(H,25,29). The second kappa shape index (κ2) is 8.28. The third kappa shape index (κ3) is 3.98. The Hall–Kier alpha value is -3.81. The number of fused-ring (bicyclic) bond motifs is 1. The van der Waals surface area contributed by atoms with E-state index in [0.29, 0.717) is 12.1 Å². The number of urea groups is 1. The lowest BCUT2D eigenvalue weighted by Crippen LogP contribution is -2.34. The van der Waals surface area contributed by atoms with Crippen LogP contribution in [0.4, 0.5) is 10.5 Å². The van der Waals surface area contributed by atoms with Gasteiger partial charge in [0.15, 0.2) is 0 Å². The first-order chi connectivity index (χ1) is 14.5. The fourth-order valence-corrected chi connectivity index (χ4v) is 3.54. The highest BCUT2D eigenvalue weighted by Gasteiger charge is 2.38. The van der Waals surface area contributed by atoms with E-state index in [0.717, 1.165) is 27.1 Å². The third-order valence-electron chi connectivity index (χ3n) is 5.15. The van der Waals surface area contributed by atoms with Crippen molar-refractivity contribution in [3.8, 4) is 5.75 Å². The summed E-state index contributed by atoms with van der Waals surface area (Å²) in [6.07, 6.45) is 2.20. The van der Waals surface area contributed by atoms with Gasteiger partial charge in [-0.3, -0.25) is 14.5 Å². The molecule has 4 rings (SSSR count). The number of carbonyl (C=O) groups is 3. The van der Waals surface area contributed by atoms with Crippen LogP contribution in [0.3, 0.4) is 0 Å². The van der Waals surface area contributed by atoms with Gasteiger partial charge in [-0.1, -0.05) is 18.2 Å². The maximum absolute atomic E-state index is 12.6. The summed E-state index contributed by atoms with van der Waals surface area (Å²) in [5.41, 5.74) is 2.55. The van der Waals surface area contributed by atoms with E-state index in [9.17, 15) is 14.4 Å². The predicted octanol–water partition coefficient (Wildman–Crippen LogP) is 2.67. The predicted molar refractivity (Wildman–Crippen MR) is 112 cm³/mol. The Morgan fingerprint density at radius 3 is 2.70 bits per heavy atom. The molecule has 4 amide bonds. The summed E-state index contributed by atoms with van der Waals surface area (Å²) in [7, 11) is 1.59. The maximum Gasteiger partial charge on any atom is 0.324 e. The van der Waals surface area contributed by atoms with E-state index >= 15 is 0 Å². The molecule has 3 aromatic rings. The van der Waals surface area contributed by atoms with Crippen molar-refractivity contribution in [3.63, 3.8) is 0 Å². The fourth-order valence-electron chi connectivity index (χ4n) is 3.54. The second-order valence-electron chi connectivity index (χ2n) is 7.09. The lowest BCUT2D eigenvalue weighted by atomic mass is 10.1. The summed E-state index contributed by atoms with van der Waals surface area (Å²) in [6.45, 7) is 0.248. The van der Waals surface area contributed by atoms with Crippen molar-refractivity contribution in [3.05, 3.63) is 60.3 Å². The van der Waals surface area contributed by atoms with E-state index in [4.69, 9.17) is 4.74 Å². The highest BCUT2D eigenvalue weighted by atomic mass is 16.5. The number of benzene rings is 2. The fraction of sp³-hybridized carbons (Fsp3) is 0.227. The molecule has 2 aromatic carbocycles. The van der Waals surface area contributed by atoms with Crippen LogP contribution in [0.25, 0.3) is 10.9 Å². The molecule has 154 valence electrons.